The number of nitro groups is 1. The molecule has 1 N–H and O–H groups in total. The van der Waals surface area contributed by atoms with E-state index in [2.05, 4.69) is 0 Å². The minimum atomic E-state index is -1.09. The topological polar surface area (TPSA) is 103 Å². The summed E-state index contributed by atoms with van der Waals surface area (Å²) in [6.07, 6.45) is 1.11. The molecule has 0 bridgehead atoms. The molecule has 7 heteroatoms. The van der Waals surface area contributed by atoms with Crippen LogP contribution in [0, 0.1) is 10.1 Å². The van der Waals surface area contributed by atoms with Gasteiger partial charge in [0.25, 0.3) is 5.69 Å². The Labute approximate surface area is 107 Å². The van der Waals surface area contributed by atoms with Crippen LogP contribution in [0.2, 0.25) is 0 Å². The van der Waals surface area contributed by atoms with Crippen LogP contribution in [0.3, 0.4) is 0 Å². The fourth-order valence-corrected chi connectivity index (χ4v) is 1.41. The van der Waals surface area contributed by atoms with E-state index in [1.165, 1.54) is 24.3 Å². The minimum Gasteiger partial charge on any atom is -0.485 e. The number of nitro benzene ring substituents is 1. The van der Waals surface area contributed by atoms with Crippen molar-refractivity contribution in [2.45, 2.75) is 6.61 Å². The third kappa shape index (κ3) is 3.09. The van der Waals surface area contributed by atoms with E-state index >= 15 is 0 Å². The molecule has 7 nitrogen and oxygen atoms in total. The van der Waals surface area contributed by atoms with Gasteiger partial charge in [-0.2, -0.15) is 0 Å². The lowest BCUT2D eigenvalue weighted by molar-refractivity contribution is -0.384. The van der Waals surface area contributed by atoms with E-state index in [4.69, 9.17) is 14.3 Å². The molecule has 0 atom stereocenters. The van der Waals surface area contributed by atoms with Gasteiger partial charge < -0.3 is 14.3 Å². The predicted molar refractivity (Wildman–Crippen MR) is 63.1 cm³/mol. The zero-order chi connectivity index (χ0) is 13.8. The number of hydrogen-bond donors (Lipinski definition) is 1. The second-order valence-electron chi connectivity index (χ2n) is 3.65. The third-order valence-electron chi connectivity index (χ3n) is 2.31. The standard InChI is InChI=1S/C12H9NO6/c14-12(15)8-4-11(18-6-8)7-19-10-3-1-2-9(5-10)13(16)17/h1-6H,7H2,(H,14,15). The molecule has 0 aliphatic carbocycles. The number of carboxylic acid groups (broad SMARTS) is 1. The lowest BCUT2D eigenvalue weighted by atomic mass is 10.3. The van der Waals surface area contributed by atoms with Gasteiger partial charge in [-0.25, -0.2) is 4.79 Å². The summed E-state index contributed by atoms with van der Waals surface area (Å²) in [6.45, 7) is -0.00551. The summed E-state index contributed by atoms with van der Waals surface area (Å²) >= 11 is 0. The van der Waals surface area contributed by atoms with Crippen molar-refractivity contribution < 1.29 is 24.0 Å². The molecule has 0 radical (unpaired) electrons. The van der Waals surface area contributed by atoms with Crippen molar-refractivity contribution in [1.82, 2.24) is 0 Å². The molecule has 0 unspecified atom stereocenters. The molecule has 98 valence electrons. The number of benzene rings is 1. The second-order valence-corrected chi connectivity index (χ2v) is 3.65. The van der Waals surface area contributed by atoms with Gasteiger partial charge in [0.1, 0.15) is 24.4 Å². The highest BCUT2D eigenvalue weighted by Gasteiger charge is 2.10. The van der Waals surface area contributed by atoms with Crippen molar-refractivity contribution in [2.24, 2.45) is 0 Å². The molecule has 0 aliphatic rings. The Morgan fingerprint density at radius 3 is 2.84 bits per heavy atom. The summed E-state index contributed by atoms with van der Waals surface area (Å²) in [7, 11) is 0. The molecule has 2 rings (SSSR count). The Kier molecular flexibility index (Phi) is 3.46. The maximum absolute atomic E-state index is 10.6. The SMILES string of the molecule is O=C(O)c1coc(COc2cccc([N+](=O)[O-])c2)c1. The zero-order valence-corrected chi connectivity index (χ0v) is 9.61. The number of rotatable bonds is 5. The van der Waals surface area contributed by atoms with E-state index < -0.39 is 10.9 Å². The van der Waals surface area contributed by atoms with Gasteiger partial charge in [0.05, 0.1) is 16.6 Å². The van der Waals surface area contributed by atoms with Gasteiger partial charge in [-0.15, -0.1) is 0 Å². The molecule has 19 heavy (non-hydrogen) atoms. The largest absolute Gasteiger partial charge is 0.485 e. The van der Waals surface area contributed by atoms with Gasteiger partial charge in [0.15, 0.2) is 0 Å². The molecule has 0 spiro atoms. The summed E-state index contributed by atoms with van der Waals surface area (Å²) in [4.78, 5) is 20.7. The summed E-state index contributed by atoms with van der Waals surface area (Å²) in [5, 5.41) is 19.3. The van der Waals surface area contributed by atoms with Gasteiger partial charge in [-0.05, 0) is 12.1 Å². The Morgan fingerprint density at radius 2 is 2.21 bits per heavy atom. The summed E-state index contributed by atoms with van der Waals surface area (Å²) in [6, 6.07) is 7.02. The number of ether oxygens (including phenoxy) is 1. The Bertz CT molecular complexity index is 618. The molecule has 2 aromatic rings. The van der Waals surface area contributed by atoms with Crippen molar-refractivity contribution >= 4 is 11.7 Å². The second kappa shape index (κ2) is 5.21. The van der Waals surface area contributed by atoms with Crippen LogP contribution >= 0.6 is 0 Å². The van der Waals surface area contributed by atoms with Gasteiger partial charge >= 0.3 is 5.97 Å². The maximum atomic E-state index is 10.6. The van der Waals surface area contributed by atoms with Crippen LogP contribution in [0.25, 0.3) is 0 Å². The van der Waals surface area contributed by atoms with E-state index in [0.717, 1.165) is 6.26 Å². The van der Waals surface area contributed by atoms with E-state index in [1.807, 2.05) is 0 Å². The fraction of sp³-hybridized carbons (Fsp3) is 0.0833. The van der Waals surface area contributed by atoms with E-state index in [9.17, 15) is 14.9 Å². The Hall–Kier alpha value is -2.83. The third-order valence-corrected chi connectivity index (χ3v) is 2.31. The van der Waals surface area contributed by atoms with Crippen LogP contribution in [0.5, 0.6) is 5.75 Å². The quantitative estimate of drug-likeness (QED) is 0.656. The average Bonchev–Trinajstić information content (AvgIpc) is 2.85. The molecule has 0 saturated carbocycles. The fourth-order valence-electron chi connectivity index (χ4n) is 1.41. The summed E-state index contributed by atoms with van der Waals surface area (Å²) in [5.41, 5.74) is -0.0548. The first-order valence-corrected chi connectivity index (χ1v) is 5.24. The molecule has 1 aromatic carbocycles. The summed E-state index contributed by atoms with van der Waals surface area (Å²) in [5.74, 6) is -0.461. The molecule has 0 aliphatic heterocycles. The summed E-state index contributed by atoms with van der Waals surface area (Å²) < 4.78 is 10.3. The predicted octanol–water partition coefficient (Wildman–Crippen LogP) is 2.47. The molecule has 0 saturated heterocycles. The zero-order valence-electron chi connectivity index (χ0n) is 9.61. The van der Waals surface area contributed by atoms with Crippen LogP contribution in [0.1, 0.15) is 16.1 Å². The van der Waals surface area contributed by atoms with Crippen LogP contribution in [0.15, 0.2) is 41.0 Å². The first-order chi connectivity index (χ1) is 9.06. The van der Waals surface area contributed by atoms with Gasteiger partial charge in [-0.1, -0.05) is 6.07 Å². The molecule has 1 aromatic heterocycles. The average molecular weight is 263 g/mol. The number of carbonyl (C=O) groups is 1. The highest BCUT2D eigenvalue weighted by atomic mass is 16.6. The number of furan rings is 1. The van der Waals surface area contributed by atoms with Crippen molar-refractivity contribution in [3.8, 4) is 5.75 Å². The molecular formula is C12H9NO6. The minimum absolute atomic E-state index is 0.00551. The van der Waals surface area contributed by atoms with Gasteiger partial charge in [-0.3, -0.25) is 10.1 Å². The lowest BCUT2D eigenvalue weighted by Gasteiger charge is -2.03. The Balaban J connectivity index is 2.03. The van der Waals surface area contributed by atoms with Crippen LogP contribution in [-0.4, -0.2) is 16.0 Å². The van der Waals surface area contributed by atoms with E-state index in [1.54, 1.807) is 6.07 Å². The smallest absolute Gasteiger partial charge is 0.338 e. The molecule has 1 heterocycles. The van der Waals surface area contributed by atoms with Crippen LogP contribution < -0.4 is 4.74 Å². The highest BCUT2D eigenvalue weighted by Crippen LogP contribution is 2.20. The van der Waals surface area contributed by atoms with Crippen molar-refractivity contribution in [3.63, 3.8) is 0 Å². The Morgan fingerprint density at radius 1 is 1.42 bits per heavy atom. The monoisotopic (exact) mass is 263 g/mol. The van der Waals surface area contributed by atoms with Crippen molar-refractivity contribution in [3.05, 3.63) is 58.0 Å². The molecule has 0 amide bonds. The normalized spacial score (nSPS) is 10.1. The number of carboxylic acids is 1. The van der Waals surface area contributed by atoms with Gasteiger partial charge in [0.2, 0.25) is 0 Å². The van der Waals surface area contributed by atoms with Crippen molar-refractivity contribution in [1.29, 1.82) is 0 Å². The van der Waals surface area contributed by atoms with E-state index in [0.29, 0.717) is 11.5 Å². The number of hydrogen-bond acceptors (Lipinski definition) is 5. The first kappa shape index (κ1) is 12.6. The lowest BCUT2D eigenvalue weighted by Crippen LogP contribution is -1.96. The van der Waals surface area contributed by atoms with E-state index in [-0.39, 0.29) is 17.9 Å². The molecular weight excluding hydrogens is 254 g/mol. The van der Waals surface area contributed by atoms with Crippen LogP contribution in [-0.2, 0) is 6.61 Å². The van der Waals surface area contributed by atoms with Crippen molar-refractivity contribution in [2.75, 3.05) is 0 Å². The highest BCUT2D eigenvalue weighted by molar-refractivity contribution is 5.87. The number of nitrogens with zero attached hydrogens (tertiary/aromatic N) is 1. The first-order valence-electron chi connectivity index (χ1n) is 5.24. The maximum Gasteiger partial charge on any atom is 0.338 e. The molecule has 0 fully saturated rings. The van der Waals surface area contributed by atoms with Gasteiger partial charge in [0, 0.05) is 6.07 Å². The number of aromatic carboxylic acids is 1. The number of non-ortho nitro benzene ring substituents is 1. The van der Waals surface area contributed by atoms with Crippen LogP contribution in [0.4, 0.5) is 5.69 Å².